The number of aryl methyl sites for hydroxylation is 2. The Kier molecular flexibility index (Phi) is 22.4. The van der Waals surface area contributed by atoms with Gasteiger partial charge in [0.25, 0.3) is 0 Å². The molecule has 20 nitrogen and oxygen atoms in total. The van der Waals surface area contributed by atoms with Gasteiger partial charge >= 0.3 is 29.8 Å². The Morgan fingerprint density at radius 2 is 0.923 bits per heavy atom. The van der Waals surface area contributed by atoms with Gasteiger partial charge < -0.3 is 43.8 Å². The number of aromatic nitrogens is 10. The number of carboxylic acids is 5. The fraction of sp³-hybridized carbons (Fsp3) is 0.0820. The summed E-state index contributed by atoms with van der Waals surface area (Å²) in [5, 5.41) is 46.8. The molecule has 0 aliphatic heterocycles. The van der Waals surface area contributed by atoms with Gasteiger partial charge in [0.05, 0.1) is 32.4 Å². The number of imidazole rings is 5. The van der Waals surface area contributed by atoms with Crippen molar-refractivity contribution in [3.05, 3.63) is 235 Å². The fourth-order valence-electron chi connectivity index (χ4n) is 8.36. The molecule has 91 heavy (non-hydrogen) atoms. The molecule has 0 radical (unpaired) electrons. The number of carbonyl (C=O) groups is 5. The molecule has 0 spiro atoms. The Bertz CT molecular complexity index is 4530. The summed E-state index contributed by atoms with van der Waals surface area (Å²) in [6.45, 7) is 2.56. The van der Waals surface area contributed by atoms with Gasteiger partial charge in [-0.15, -0.1) is 0 Å². The van der Waals surface area contributed by atoms with Crippen LogP contribution in [0.15, 0.2) is 152 Å². The van der Waals surface area contributed by atoms with Crippen LogP contribution in [0.3, 0.4) is 0 Å². The van der Waals surface area contributed by atoms with Crippen molar-refractivity contribution < 1.29 is 71.5 Å². The second-order valence-corrected chi connectivity index (χ2v) is 20.6. The molecule has 30 heteroatoms. The minimum atomic E-state index is -1.32. The minimum absolute atomic E-state index is 0.0294. The molecule has 5 heterocycles. The first-order valence-electron chi connectivity index (χ1n) is 25.8. The number of carboxylic acid groups (broad SMARTS) is 5. The van der Waals surface area contributed by atoms with Crippen LogP contribution in [0.25, 0.3) is 62.6 Å². The van der Waals surface area contributed by atoms with E-state index >= 15 is 0 Å². The number of benzene rings is 6. The largest absolute Gasteiger partial charge is 0.477 e. The van der Waals surface area contributed by atoms with E-state index in [1.807, 2.05) is 37.3 Å². The van der Waals surface area contributed by atoms with Crippen molar-refractivity contribution in [1.29, 1.82) is 0 Å². The molecule has 0 saturated heterocycles. The number of hydrogen-bond acceptors (Lipinski definition) is 10. The third kappa shape index (κ3) is 16.0. The summed E-state index contributed by atoms with van der Waals surface area (Å²) >= 11 is 30.2. The van der Waals surface area contributed by atoms with Crippen molar-refractivity contribution in [2.45, 2.75) is 13.5 Å². The van der Waals surface area contributed by atoms with Crippen LogP contribution in [-0.2, 0) is 27.7 Å². The Labute approximate surface area is 536 Å². The molecular formula is C61H44Cl5F5N10O10. The standard InChI is InChI=1S/C16H10Cl2N2O2.C12H11ClN2O2.C11H8Cl2N2O2.C11H7F3N2O2.C11H8F2N2O2/c17-10-4-3-5-11(8-10)20-9-14(16(21)22)19-15(20)12-6-1-2-7-13(12)18;1-2-15-7-10(12(16)17)14-11(15)8-5-3-4-6-9(8)13;1-15-9(13)8(11(16)17)14-10(15)6-4-2-3-5-7(6)12;1-16-4-8(11(17)18)15-10(16)9-6(13)2-5(12)3-7(9)14;1-15-8(11(16)17)5-14-10(15)9-6(12)3-2-4-7(9)13/h1-9H,(H,21,22);3-7H,2H2,1H3,(H,16,17);2-5H,1H3,(H,16,17);2-4H,1H3,(H,17,18);2-5H,1H3,(H,16,17). The first-order chi connectivity index (χ1) is 43.1. The Balaban J connectivity index is 0.000000162. The second kappa shape index (κ2) is 29.9. The SMILES string of the molecule is CCn1cc(C(=O)O)nc1-c1ccccc1Cl.Cn1c(-c2ccccc2Cl)nc(C(=O)O)c1Cl.Cn1c(C(=O)O)cnc1-c1c(F)cccc1F.Cn1cc(C(=O)O)nc1-c1c(F)cc(F)cc1F.O=C(O)c1cn(-c2cccc(Cl)c2)c(-c2ccccc2Cl)n1. The summed E-state index contributed by atoms with van der Waals surface area (Å²) in [6.07, 6.45) is 5.14. The van der Waals surface area contributed by atoms with Crippen molar-refractivity contribution in [1.82, 2.24) is 47.8 Å². The van der Waals surface area contributed by atoms with Gasteiger partial charge in [-0.05, 0) is 73.7 Å². The van der Waals surface area contributed by atoms with Crippen molar-refractivity contribution in [3.63, 3.8) is 0 Å². The van der Waals surface area contributed by atoms with Crippen LogP contribution >= 0.6 is 58.0 Å². The van der Waals surface area contributed by atoms with Crippen LogP contribution < -0.4 is 0 Å². The smallest absolute Gasteiger partial charge is 0.357 e. The zero-order chi connectivity index (χ0) is 66.7. The van der Waals surface area contributed by atoms with Gasteiger partial charge in [0, 0.05) is 85.8 Å². The quantitative estimate of drug-likeness (QED) is 0.0711. The van der Waals surface area contributed by atoms with Gasteiger partial charge in [-0.25, -0.2) is 70.8 Å². The van der Waals surface area contributed by atoms with Gasteiger partial charge in [-0.2, -0.15) is 0 Å². The minimum Gasteiger partial charge on any atom is -0.477 e. The maximum absolute atomic E-state index is 13.5. The van der Waals surface area contributed by atoms with E-state index in [-0.39, 0.29) is 50.8 Å². The Hall–Kier alpha value is -10.2. The first kappa shape index (κ1) is 68.3. The van der Waals surface area contributed by atoms with Crippen LogP contribution in [-0.4, -0.2) is 103 Å². The highest BCUT2D eigenvalue weighted by Gasteiger charge is 2.24. The number of hydrogen-bond donors (Lipinski definition) is 5. The topological polar surface area (TPSA) is 276 Å². The molecule has 468 valence electrons. The molecule has 0 aliphatic rings. The number of nitrogens with zero attached hydrogens (tertiary/aromatic N) is 10. The van der Waals surface area contributed by atoms with Gasteiger partial charge in [0.15, 0.2) is 22.8 Å². The molecule has 0 aliphatic carbocycles. The first-order valence-corrected chi connectivity index (χ1v) is 27.7. The summed E-state index contributed by atoms with van der Waals surface area (Å²) in [4.78, 5) is 74.1. The molecule has 11 aromatic rings. The van der Waals surface area contributed by atoms with Crippen molar-refractivity contribution >= 4 is 87.9 Å². The average molecular weight is 1350 g/mol. The average Bonchev–Trinajstić information content (AvgIpc) is 1.81. The summed E-state index contributed by atoms with van der Waals surface area (Å²) in [6, 6.07) is 32.9. The van der Waals surface area contributed by atoms with Crippen LogP contribution in [0.1, 0.15) is 59.4 Å². The lowest BCUT2D eigenvalue weighted by Gasteiger charge is -2.09. The predicted molar refractivity (Wildman–Crippen MR) is 328 cm³/mol. The van der Waals surface area contributed by atoms with E-state index in [1.54, 1.807) is 82.9 Å². The van der Waals surface area contributed by atoms with E-state index in [2.05, 4.69) is 24.9 Å². The van der Waals surface area contributed by atoms with Crippen LogP contribution in [0.4, 0.5) is 22.0 Å². The molecular weight excluding hydrogens is 1300 g/mol. The van der Waals surface area contributed by atoms with Crippen molar-refractivity contribution in [2.24, 2.45) is 21.1 Å². The second-order valence-electron chi connectivity index (χ2n) is 18.6. The monoisotopic (exact) mass is 1350 g/mol. The maximum Gasteiger partial charge on any atom is 0.357 e. The summed E-state index contributed by atoms with van der Waals surface area (Å²) < 4.78 is 73.9. The molecule has 0 unspecified atom stereocenters. The molecule has 11 rings (SSSR count). The van der Waals surface area contributed by atoms with Crippen molar-refractivity contribution in [3.8, 4) is 62.6 Å². The number of aromatic carboxylic acids is 5. The van der Waals surface area contributed by atoms with Gasteiger partial charge in [0.1, 0.15) is 69.1 Å². The fourth-order valence-corrected chi connectivity index (χ4v) is 9.41. The molecule has 5 N–H and O–H groups in total. The highest BCUT2D eigenvalue weighted by Crippen LogP contribution is 2.33. The third-order valence-corrected chi connectivity index (χ3v) is 14.3. The van der Waals surface area contributed by atoms with E-state index in [4.69, 9.17) is 78.4 Å². The summed E-state index contributed by atoms with van der Waals surface area (Å²) in [5.41, 5.74) is 1.15. The predicted octanol–water partition coefficient (Wildman–Crippen LogP) is 14.8. The summed E-state index contributed by atoms with van der Waals surface area (Å²) in [7, 11) is 4.41. The molecule has 6 aromatic carbocycles. The maximum atomic E-state index is 13.5. The normalized spacial score (nSPS) is 10.6. The van der Waals surface area contributed by atoms with Gasteiger partial charge in [0.2, 0.25) is 0 Å². The molecule has 5 aromatic heterocycles. The lowest BCUT2D eigenvalue weighted by Crippen LogP contribution is -2.06. The molecule has 0 saturated carbocycles. The molecule has 0 fully saturated rings. The lowest BCUT2D eigenvalue weighted by atomic mass is 10.2. The van der Waals surface area contributed by atoms with Crippen LogP contribution in [0.5, 0.6) is 0 Å². The highest BCUT2D eigenvalue weighted by atomic mass is 35.5. The number of halogens is 10. The lowest BCUT2D eigenvalue weighted by molar-refractivity contribution is 0.0676. The van der Waals surface area contributed by atoms with E-state index in [1.165, 1.54) is 37.1 Å². The zero-order valence-electron chi connectivity index (χ0n) is 47.2. The highest BCUT2D eigenvalue weighted by molar-refractivity contribution is 6.34. The van der Waals surface area contributed by atoms with Crippen molar-refractivity contribution in [2.75, 3.05) is 0 Å². The third-order valence-electron chi connectivity index (χ3n) is 12.6. The van der Waals surface area contributed by atoms with E-state index in [0.717, 1.165) is 39.2 Å². The number of rotatable bonds is 12. The van der Waals surface area contributed by atoms with Crippen LogP contribution in [0.2, 0.25) is 25.2 Å². The molecule has 0 atom stereocenters. The van der Waals surface area contributed by atoms with E-state index in [9.17, 15) is 51.0 Å². The Morgan fingerprint density at radius 3 is 1.38 bits per heavy atom. The van der Waals surface area contributed by atoms with E-state index in [0.29, 0.717) is 73.1 Å². The zero-order valence-corrected chi connectivity index (χ0v) is 50.9. The summed E-state index contributed by atoms with van der Waals surface area (Å²) in [5.74, 6) is -9.55. The van der Waals surface area contributed by atoms with Gasteiger partial charge in [-0.1, -0.05) is 107 Å². The molecule has 0 bridgehead atoms. The molecule has 0 amide bonds. The van der Waals surface area contributed by atoms with Crippen LogP contribution in [0, 0.1) is 29.1 Å². The van der Waals surface area contributed by atoms with E-state index < -0.39 is 64.5 Å². The van der Waals surface area contributed by atoms with Gasteiger partial charge in [-0.3, -0.25) is 4.57 Å². The Morgan fingerprint density at radius 1 is 0.462 bits per heavy atom.